The molecule has 0 aliphatic carbocycles. The summed E-state index contributed by atoms with van der Waals surface area (Å²) in [6.07, 6.45) is 10.4. The molecule has 0 radical (unpaired) electrons. The number of likely N-dealkylation sites (N-methyl/N-ethyl adjacent to an activating group) is 1. The van der Waals surface area contributed by atoms with E-state index in [1.807, 2.05) is 36.4 Å². The fourth-order valence-corrected chi connectivity index (χ4v) is 5.61. The fraction of sp³-hybridized carbons (Fsp3) is 0.467. The fourth-order valence-electron chi connectivity index (χ4n) is 3.33. The summed E-state index contributed by atoms with van der Waals surface area (Å²) >= 11 is 0. The Hall–Kier alpha value is -2.09. The molecular weight excluding hydrogens is 320 g/mol. The number of carboxylic acid groups (broad SMARTS) is 1. The molecule has 7 nitrogen and oxygen atoms in total. The Labute approximate surface area is 134 Å². The number of fused-ring (bicyclic) bond motifs is 1. The minimum atomic E-state index is -3.80. The second kappa shape index (κ2) is 4.95. The summed E-state index contributed by atoms with van der Waals surface area (Å²) < 4.78 is 23.8. The maximum Gasteiger partial charge on any atom is 0.328 e. The van der Waals surface area contributed by atoms with Crippen LogP contribution < -0.4 is 0 Å². The van der Waals surface area contributed by atoms with E-state index >= 15 is 0 Å². The summed E-state index contributed by atoms with van der Waals surface area (Å²) in [5.41, 5.74) is 0. The van der Waals surface area contributed by atoms with Crippen molar-refractivity contribution < 1.29 is 23.1 Å². The maximum atomic E-state index is 12.7. The van der Waals surface area contributed by atoms with Gasteiger partial charge in [-0.25, -0.2) is 13.2 Å². The van der Waals surface area contributed by atoms with Crippen LogP contribution in [0.3, 0.4) is 0 Å². The molecule has 3 heterocycles. The van der Waals surface area contributed by atoms with E-state index in [1.54, 1.807) is 6.08 Å². The van der Waals surface area contributed by atoms with Crippen molar-refractivity contribution in [2.75, 3.05) is 7.05 Å². The number of rotatable bonds is 3. The highest BCUT2D eigenvalue weighted by molar-refractivity contribution is 7.94. The highest BCUT2D eigenvalue weighted by Gasteiger charge is 2.69. The predicted molar refractivity (Wildman–Crippen MR) is 83.0 cm³/mol. The van der Waals surface area contributed by atoms with Gasteiger partial charge in [0.25, 0.3) is 0 Å². The van der Waals surface area contributed by atoms with Crippen LogP contribution in [-0.4, -0.2) is 64.5 Å². The molecule has 3 aliphatic heterocycles. The van der Waals surface area contributed by atoms with E-state index in [0.29, 0.717) is 0 Å². The van der Waals surface area contributed by atoms with Crippen molar-refractivity contribution in [1.82, 2.24) is 9.80 Å². The third-order valence-corrected chi connectivity index (χ3v) is 7.50. The van der Waals surface area contributed by atoms with E-state index in [9.17, 15) is 23.1 Å². The Morgan fingerprint density at radius 2 is 2.13 bits per heavy atom. The van der Waals surface area contributed by atoms with Crippen LogP contribution in [-0.2, 0) is 19.4 Å². The molecule has 0 bridgehead atoms. The van der Waals surface area contributed by atoms with Gasteiger partial charge >= 0.3 is 5.97 Å². The molecule has 1 N–H and O–H groups in total. The first-order valence-corrected chi connectivity index (χ1v) is 8.78. The number of carboxylic acids is 1. The number of hydrogen-bond acceptors (Lipinski definition) is 5. The van der Waals surface area contributed by atoms with Gasteiger partial charge in [0.05, 0.1) is 12.5 Å². The molecule has 8 heteroatoms. The Morgan fingerprint density at radius 1 is 1.43 bits per heavy atom. The molecular formula is C15H18N2O5S. The molecule has 0 spiro atoms. The van der Waals surface area contributed by atoms with E-state index in [-0.39, 0.29) is 12.5 Å². The lowest BCUT2D eigenvalue weighted by atomic mass is 9.95. The van der Waals surface area contributed by atoms with Crippen molar-refractivity contribution in [3.8, 4) is 0 Å². The Kier molecular flexibility index (Phi) is 3.40. The van der Waals surface area contributed by atoms with Gasteiger partial charge in [0.1, 0.15) is 10.1 Å². The standard InChI is InChI=1S/C15H18N2O5S/c1-15(7-6-10-5-3-4-8-16(10)2)13(14(19)20)17-11(18)9-12(17)23(15,21)22/h3-8,10,12-13H,9H2,1-2H3,(H,19,20)/b7-6+/t10?,12-,13+,15+/m1/s1. The van der Waals surface area contributed by atoms with Gasteiger partial charge in [-0.05, 0) is 19.2 Å². The molecule has 124 valence electrons. The molecule has 0 saturated carbocycles. The SMILES string of the molecule is CN1C=CC=CC1/C=C/[C@@]1(C)[C@H](C(=O)O)N2C(=O)C[C@H]2S1(=O)=O. The smallest absolute Gasteiger partial charge is 0.328 e. The van der Waals surface area contributed by atoms with Crippen LogP contribution >= 0.6 is 0 Å². The first kappa shape index (κ1) is 15.8. The molecule has 0 aromatic heterocycles. The van der Waals surface area contributed by atoms with E-state index in [1.165, 1.54) is 13.0 Å². The molecule has 3 aliphatic rings. The van der Waals surface area contributed by atoms with Crippen LogP contribution in [0, 0.1) is 0 Å². The number of sulfone groups is 1. The van der Waals surface area contributed by atoms with E-state index < -0.39 is 37.9 Å². The third-order valence-electron chi connectivity index (χ3n) is 4.81. The third kappa shape index (κ3) is 2.04. The number of aliphatic carboxylic acids is 1. The largest absolute Gasteiger partial charge is 0.480 e. The summed E-state index contributed by atoms with van der Waals surface area (Å²) in [6, 6.07) is -1.55. The molecule has 1 unspecified atom stereocenters. The molecule has 4 atom stereocenters. The van der Waals surface area contributed by atoms with Gasteiger partial charge in [-0.3, -0.25) is 4.79 Å². The van der Waals surface area contributed by atoms with Gasteiger partial charge in [0.15, 0.2) is 15.9 Å². The summed E-state index contributed by atoms with van der Waals surface area (Å²) in [7, 11) is -1.96. The normalized spacial score (nSPS) is 38.0. The van der Waals surface area contributed by atoms with Crippen LogP contribution in [0.4, 0.5) is 0 Å². The summed E-state index contributed by atoms with van der Waals surface area (Å²) in [5, 5.41) is 8.46. The molecule has 0 aromatic carbocycles. The minimum Gasteiger partial charge on any atom is -0.480 e. The van der Waals surface area contributed by atoms with Crippen molar-refractivity contribution in [3.63, 3.8) is 0 Å². The lowest BCUT2D eigenvalue weighted by molar-refractivity contribution is -0.157. The Balaban J connectivity index is 2.00. The van der Waals surface area contributed by atoms with Gasteiger partial charge in [0, 0.05) is 7.05 Å². The van der Waals surface area contributed by atoms with E-state index in [4.69, 9.17) is 0 Å². The highest BCUT2D eigenvalue weighted by atomic mass is 32.2. The van der Waals surface area contributed by atoms with Crippen LogP contribution in [0.5, 0.6) is 0 Å². The number of carbonyl (C=O) groups excluding carboxylic acids is 1. The van der Waals surface area contributed by atoms with Gasteiger partial charge in [-0.2, -0.15) is 0 Å². The molecule has 3 rings (SSSR count). The average molecular weight is 338 g/mol. The number of allylic oxidation sites excluding steroid dienone is 2. The molecule has 0 aromatic rings. The van der Waals surface area contributed by atoms with Crippen LogP contribution in [0.15, 0.2) is 36.6 Å². The van der Waals surface area contributed by atoms with Gasteiger partial charge in [0.2, 0.25) is 5.91 Å². The number of hydrogen-bond donors (Lipinski definition) is 1. The zero-order chi connectivity index (χ0) is 17.0. The number of nitrogens with zero attached hydrogens (tertiary/aromatic N) is 2. The zero-order valence-corrected chi connectivity index (χ0v) is 13.6. The molecule has 2 fully saturated rings. The number of β-lactam (4-membered cyclic amide) rings is 1. The number of carbonyl (C=O) groups is 2. The minimum absolute atomic E-state index is 0.137. The predicted octanol–water partition coefficient (Wildman–Crippen LogP) is 0.125. The summed E-state index contributed by atoms with van der Waals surface area (Å²) in [6.45, 7) is 1.38. The van der Waals surface area contributed by atoms with Gasteiger partial charge in [-0.1, -0.05) is 24.3 Å². The lowest BCUT2D eigenvalue weighted by Gasteiger charge is -2.35. The van der Waals surface area contributed by atoms with Crippen molar-refractivity contribution in [2.45, 2.75) is 35.5 Å². The second-order valence-corrected chi connectivity index (χ2v) is 8.68. The zero-order valence-electron chi connectivity index (χ0n) is 12.8. The highest BCUT2D eigenvalue weighted by Crippen LogP contribution is 2.46. The number of amides is 1. The Morgan fingerprint density at radius 3 is 2.70 bits per heavy atom. The topological polar surface area (TPSA) is 95.0 Å². The Bertz CT molecular complexity index is 754. The second-order valence-electron chi connectivity index (χ2n) is 6.17. The average Bonchev–Trinajstić information content (AvgIpc) is 2.61. The van der Waals surface area contributed by atoms with Crippen molar-refractivity contribution in [1.29, 1.82) is 0 Å². The summed E-state index contributed by atoms with van der Waals surface area (Å²) in [5.74, 6) is -1.73. The van der Waals surface area contributed by atoms with Crippen molar-refractivity contribution >= 4 is 21.7 Å². The molecule has 2 saturated heterocycles. The molecule has 23 heavy (non-hydrogen) atoms. The van der Waals surface area contributed by atoms with Gasteiger partial charge < -0.3 is 14.9 Å². The first-order valence-electron chi connectivity index (χ1n) is 7.24. The van der Waals surface area contributed by atoms with E-state index in [0.717, 1.165) is 4.90 Å². The lowest BCUT2D eigenvalue weighted by Crippen LogP contribution is -2.57. The monoisotopic (exact) mass is 338 g/mol. The maximum absolute atomic E-state index is 12.7. The first-order chi connectivity index (χ1) is 10.7. The van der Waals surface area contributed by atoms with Crippen molar-refractivity contribution in [3.05, 3.63) is 36.6 Å². The van der Waals surface area contributed by atoms with E-state index in [2.05, 4.69) is 0 Å². The summed E-state index contributed by atoms with van der Waals surface area (Å²) in [4.78, 5) is 26.2. The molecule has 1 amide bonds. The van der Waals surface area contributed by atoms with Crippen LogP contribution in [0.2, 0.25) is 0 Å². The van der Waals surface area contributed by atoms with Crippen LogP contribution in [0.25, 0.3) is 0 Å². The van der Waals surface area contributed by atoms with Crippen LogP contribution in [0.1, 0.15) is 13.3 Å². The van der Waals surface area contributed by atoms with Crippen molar-refractivity contribution in [2.24, 2.45) is 0 Å². The quantitative estimate of drug-likeness (QED) is 0.580. The van der Waals surface area contributed by atoms with Gasteiger partial charge in [-0.15, -0.1) is 0 Å².